The van der Waals surface area contributed by atoms with Crippen LogP contribution in [0.2, 0.25) is 0 Å². The van der Waals surface area contributed by atoms with Crippen molar-refractivity contribution in [2.45, 2.75) is 70.7 Å². The molecule has 4 heteroatoms. The number of thioether (sulfide) groups is 1. The van der Waals surface area contributed by atoms with E-state index in [0.29, 0.717) is 5.92 Å². The second kappa shape index (κ2) is 8.02. The molecular formula is C17H29N3S. The van der Waals surface area contributed by atoms with E-state index in [1.807, 2.05) is 11.8 Å². The Morgan fingerprint density at radius 3 is 2.57 bits per heavy atom. The van der Waals surface area contributed by atoms with Crippen molar-refractivity contribution in [1.82, 2.24) is 9.97 Å². The molecule has 0 amide bonds. The maximum Gasteiger partial charge on any atom is 0.134 e. The second-order valence-electron chi connectivity index (χ2n) is 6.40. The fourth-order valence-corrected chi connectivity index (χ4v) is 3.90. The van der Waals surface area contributed by atoms with Crippen LogP contribution in [0, 0.1) is 12.8 Å². The van der Waals surface area contributed by atoms with Gasteiger partial charge in [0.2, 0.25) is 0 Å². The van der Waals surface area contributed by atoms with E-state index in [4.69, 9.17) is 9.97 Å². The minimum absolute atomic E-state index is 0.374. The Morgan fingerprint density at radius 2 is 1.95 bits per heavy atom. The summed E-state index contributed by atoms with van der Waals surface area (Å²) in [5, 5.41) is 4.64. The summed E-state index contributed by atoms with van der Waals surface area (Å²) in [5.74, 6) is 4.47. The molecule has 118 valence electrons. The summed E-state index contributed by atoms with van der Waals surface area (Å²) in [6.07, 6.45) is 6.73. The SMILES string of the molecule is CCCNc1nc(C(C)C)nc(SCC2CCCC2)c1C. The Labute approximate surface area is 133 Å². The number of nitrogens with one attached hydrogen (secondary N) is 1. The van der Waals surface area contributed by atoms with Crippen LogP contribution in [0.3, 0.4) is 0 Å². The summed E-state index contributed by atoms with van der Waals surface area (Å²) >= 11 is 1.93. The van der Waals surface area contributed by atoms with Crippen LogP contribution in [-0.2, 0) is 0 Å². The standard InChI is InChI=1S/C17H29N3S/c1-5-10-18-16-13(4)17(20-15(19-16)12(2)3)21-11-14-8-6-7-9-14/h12,14H,5-11H2,1-4H3,(H,18,19,20). The van der Waals surface area contributed by atoms with Gasteiger partial charge in [0.05, 0.1) is 0 Å². The van der Waals surface area contributed by atoms with Crippen LogP contribution < -0.4 is 5.32 Å². The summed E-state index contributed by atoms with van der Waals surface area (Å²) in [4.78, 5) is 9.53. The summed E-state index contributed by atoms with van der Waals surface area (Å²) in [7, 11) is 0. The van der Waals surface area contributed by atoms with Crippen molar-refractivity contribution in [3.63, 3.8) is 0 Å². The van der Waals surface area contributed by atoms with E-state index >= 15 is 0 Å². The molecule has 0 saturated heterocycles. The zero-order chi connectivity index (χ0) is 15.2. The highest BCUT2D eigenvalue weighted by atomic mass is 32.2. The molecule has 1 aromatic heterocycles. The molecule has 1 aromatic rings. The summed E-state index contributed by atoms with van der Waals surface area (Å²) in [6.45, 7) is 9.64. The molecule has 0 atom stereocenters. The maximum atomic E-state index is 4.81. The molecule has 1 N–H and O–H groups in total. The minimum Gasteiger partial charge on any atom is -0.370 e. The minimum atomic E-state index is 0.374. The van der Waals surface area contributed by atoms with Gasteiger partial charge in [0.25, 0.3) is 0 Å². The van der Waals surface area contributed by atoms with E-state index in [-0.39, 0.29) is 0 Å². The molecule has 3 nitrogen and oxygen atoms in total. The maximum absolute atomic E-state index is 4.81. The molecule has 1 aliphatic rings. The Morgan fingerprint density at radius 1 is 1.24 bits per heavy atom. The highest BCUT2D eigenvalue weighted by Crippen LogP contribution is 2.33. The lowest BCUT2D eigenvalue weighted by Gasteiger charge is -2.16. The molecule has 21 heavy (non-hydrogen) atoms. The number of hydrogen-bond donors (Lipinski definition) is 1. The molecule has 1 fully saturated rings. The lowest BCUT2D eigenvalue weighted by Crippen LogP contribution is -2.10. The van der Waals surface area contributed by atoms with Gasteiger partial charge in [-0.2, -0.15) is 0 Å². The van der Waals surface area contributed by atoms with Crippen LogP contribution in [0.1, 0.15) is 70.2 Å². The van der Waals surface area contributed by atoms with Crippen molar-refractivity contribution < 1.29 is 0 Å². The molecule has 0 unspecified atom stereocenters. The zero-order valence-electron chi connectivity index (χ0n) is 13.9. The first-order chi connectivity index (χ1) is 10.1. The van der Waals surface area contributed by atoms with Crippen LogP contribution in [-0.4, -0.2) is 22.3 Å². The van der Waals surface area contributed by atoms with Gasteiger partial charge in [-0.1, -0.05) is 33.6 Å². The van der Waals surface area contributed by atoms with Crippen LogP contribution >= 0.6 is 11.8 Å². The normalized spacial score (nSPS) is 15.9. The van der Waals surface area contributed by atoms with Crippen LogP contribution in [0.25, 0.3) is 0 Å². The third kappa shape index (κ3) is 4.60. The van der Waals surface area contributed by atoms with Crippen molar-refractivity contribution in [3.8, 4) is 0 Å². The Hall–Kier alpha value is -0.770. The molecular weight excluding hydrogens is 278 g/mol. The van der Waals surface area contributed by atoms with Gasteiger partial charge in [-0.05, 0) is 32.1 Å². The van der Waals surface area contributed by atoms with Crippen molar-refractivity contribution >= 4 is 17.6 Å². The highest BCUT2D eigenvalue weighted by molar-refractivity contribution is 7.99. The molecule has 1 aliphatic carbocycles. The first-order valence-corrected chi connectivity index (χ1v) is 9.35. The smallest absolute Gasteiger partial charge is 0.134 e. The number of nitrogens with zero attached hydrogens (tertiary/aromatic N) is 2. The second-order valence-corrected chi connectivity index (χ2v) is 7.41. The quantitative estimate of drug-likeness (QED) is 0.567. The van der Waals surface area contributed by atoms with Gasteiger partial charge in [-0.3, -0.25) is 0 Å². The summed E-state index contributed by atoms with van der Waals surface area (Å²) < 4.78 is 0. The molecule has 0 spiro atoms. The zero-order valence-corrected chi connectivity index (χ0v) is 14.7. The van der Waals surface area contributed by atoms with E-state index in [2.05, 4.69) is 33.0 Å². The Bertz CT molecular complexity index is 454. The van der Waals surface area contributed by atoms with Gasteiger partial charge < -0.3 is 5.32 Å². The van der Waals surface area contributed by atoms with E-state index in [0.717, 1.165) is 30.5 Å². The van der Waals surface area contributed by atoms with Crippen molar-refractivity contribution in [1.29, 1.82) is 0 Å². The van der Waals surface area contributed by atoms with E-state index in [9.17, 15) is 0 Å². The predicted octanol–water partition coefficient (Wildman–Crippen LogP) is 5.01. The summed E-state index contributed by atoms with van der Waals surface area (Å²) in [6, 6.07) is 0. The molecule has 0 radical (unpaired) electrons. The van der Waals surface area contributed by atoms with Gasteiger partial charge in [0, 0.05) is 23.8 Å². The van der Waals surface area contributed by atoms with Gasteiger partial charge in [-0.25, -0.2) is 9.97 Å². The monoisotopic (exact) mass is 307 g/mol. The number of hydrogen-bond acceptors (Lipinski definition) is 4. The van der Waals surface area contributed by atoms with Crippen LogP contribution in [0.15, 0.2) is 5.03 Å². The lowest BCUT2D eigenvalue weighted by atomic mass is 10.1. The largest absolute Gasteiger partial charge is 0.370 e. The van der Waals surface area contributed by atoms with E-state index in [1.54, 1.807) is 0 Å². The summed E-state index contributed by atoms with van der Waals surface area (Å²) in [5.41, 5.74) is 1.22. The average Bonchev–Trinajstić information content (AvgIpc) is 2.98. The molecule has 0 aliphatic heterocycles. The molecule has 2 rings (SSSR count). The number of anilines is 1. The first kappa shape index (κ1) is 16.6. The van der Waals surface area contributed by atoms with E-state index < -0.39 is 0 Å². The Balaban J connectivity index is 2.14. The fraction of sp³-hybridized carbons (Fsp3) is 0.765. The molecule has 0 bridgehead atoms. The Kier molecular flexibility index (Phi) is 6.34. The van der Waals surface area contributed by atoms with Gasteiger partial charge in [0.1, 0.15) is 16.7 Å². The van der Waals surface area contributed by atoms with Crippen molar-refractivity contribution in [2.24, 2.45) is 5.92 Å². The van der Waals surface area contributed by atoms with Gasteiger partial charge >= 0.3 is 0 Å². The van der Waals surface area contributed by atoms with E-state index in [1.165, 1.54) is 42.0 Å². The van der Waals surface area contributed by atoms with Crippen LogP contribution in [0.4, 0.5) is 5.82 Å². The lowest BCUT2D eigenvalue weighted by molar-refractivity contribution is 0.622. The number of rotatable bonds is 7. The third-order valence-corrected chi connectivity index (χ3v) is 5.42. The average molecular weight is 308 g/mol. The topological polar surface area (TPSA) is 37.8 Å². The fourth-order valence-electron chi connectivity index (χ4n) is 2.70. The molecule has 1 saturated carbocycles. The van der Waals surface area contributed by atoms with Gasteiger partial charge in [-0.15, -0.1) is 11.8 Å². The third-order valence-electron chi connectivity index (χ3n) is 4.11. The van der Waals surface area contributed by atoms with Crippen LogP contribution in [0.5, 0.6) is 0 Å². The molecule has 1 heterocycles. The predicted molar refractivity (Wildman–Crippen MR) is 92.3 cm³/mol. The first-order valence-electron chi connectivity index (χ1n) is 8.37. The van der Waals surface area contributed by atoms with Crippen molar-refractivity contribution in [2.75, 3.05) is 17.6 Å². The molecule has 0 aromatic carbocycles. The number of aromatic nitrogens is 2. The van der Waals surface area contributed by atoms with Gasteiger partial charge in [0.15, 0.2) is 0 Å². The highest BCUT2D eigenvalue weighted by Gasteiger charge is 2.18. The van der Waals surface area contributed by atoms with Crippen molar-refractivity contribution in [3.05, 3.63) is 11.4 Å².